The number of sulfonamides is 1. The summed E-state index contributed by atoms with van der Waals surface area (Å²) in [7, 11) is -3.78. The van der Waals surface area contributed by atoms with Gasteiger partial charge in [0.15, 0.2) is 0 Å². The Bertz CT molecular complexity index is 1190. The fourth-order valence-corrected chi connectivity index (χ4v) is 4.56. The molecule has 0 bridgehead atoms. The Kier molecular flexibility index (Phi) is 4.60. The van der Waals surface area contributed by atoms with Gasteiger partial charge in [-0.3, -0.25) is 4.79 Å². The molecule has 3 aromatic rings. The maximum atomic E-state index is 12.7. The maximum Gasteiger partial charge on any atom is 0.267 e. The second-order valence-corrected chi connectivity index (χ2v) is 8.52. The number of nitrogens with zero attached hydrogens (tertiary/aromatic N) is 2. The Labute approximate surface area is 163 Å². The van der Waals surface area contributed by atoms with Crippen molar-refractivity contribution in [3.8, 4) is 0 Å². The summed E-state index contributed by atoms with van der Waals surface area (Å²) < 4.78 is 26.4. The molecule has 0 aromatic heterocycles. The van der Waals surface area contributed by atoms with Gasteiger partial charge in [0.25, 0.3) is 10.0 Å². The zero-order valence-corrected chi connectivity index (χ0v) is 16.1. The van der Waals surface area contributed by atoms with Crippen molar-refractivity contribution in [3.05, 3.63) is 72.3 Å². The molecule has 0 saturated heterocycles. The van der Waals surface area contributed by atoms with E-state index in [0.717, 1.165) is 20.6 Å². The Morgan fingerprint density at radius 3 is 2.57 bits per heavy atom. The lowest BCUT2D eigenvalue weighted by atomic mass is 10.0. The van der Waals surface area contributed by atoms with Crippen LogP contribution >= 0.6 is 0 Å². The minimum atomic E-state index is -3.78. The van der Waals surface area contributed by atoms with Crippen LogP contribution in [-0.2, 0) is 14.8 Å². The Hall–Kier alpha value is -3.19. The third-order valence-electron chi connectivity index (χ3n) is 4.73. The molecule has 6 nitrogen and oxygen atoms in total. The maximum absolute atomic E-state index is 12.7. The highest BCUT2D eigenvalue weighted by Crippen LogP contribution is 2.29. The van der Waals surface area contributed by atoms with Gasteiger partial charge in [0.2, 0.25) is 5.91 Å². The highest BCUT2D eigenvalue weighted by atomic mass is 32.2. The van der Waals surface area contributed by atoms with Crippen LogP contribution in [0.2, 0.25) is 0 Å². The van der Waals surface area contributed by atoms with Crippen LogP contribution in [0.15, 0.2) is 76.6 Å². The van der Waals surface area contributed by atoms with Crippen LogP contribution in [0.25, 0.3) is 10.8 Å². The van der Waals surface area contributed by atoms with Gasteiger partial charge in [0.1, 0.15) is 17.8 Å². The number of para-hydroxylation sites is 1. The molecule has 0 spiro atoms. The summed E-state index contributed by atoms with van der Waals surface area (Å²) in [5, 5.41) is 5.07. The number of fused-ring (bicyclic) bond motifs is 2. The monoisotopic (exact) mass is 393 g/mol. The van der Waals surface area contributed by atoms with Crippen molar-refractivity contribution in [2.75, 3.05) is 6.54 Å². The molecular weight excluding hydrogens is 374 g/mol. The van der Waals surface area contributed by atoms with Crippen molar-refractivity contribution in [1.29, 1.82) is 0 Å². The molecule has 0 radical (unpaired) electrons. The van der Waals surface area contributed by atoms with Crippen molar-refractivity contribution in [2.45, 2.75) is 17.9 Å². The van der Waals surface area contributed by atoms with E-state index in [-0.39, 0.29) is 17.5 Å². The molecule has 28 heavy (non-hydrogen) atoms. The number of carbonyl (C=O) groups is 1. The number of nitrogens with one attached hydrogen (secondary N) is 1. The normalized spacial score (nSPS) is 15.8. The first-order chi connectivity index (χ1) is 13.4. The largest absolute Gasteiger partial charge is 0.348 e. The van der Waals surface area contributed by atoms with E-state index in [4.69, 9.17) is 0 Å². The van der Waals surface area contributed by atoms with Gasteiger partial charge in [-0.25, -0.2) is 17.7 Å². The first kappa shape index (κ1) is 18.2. The van der Waals surface area contributed by atoms with Crippen molar-refractivity contribution < 1.29 is 13.2 Å². The van der Waals surface area contributed by atoms with E-state index < -0.39 is 15.9 Å². The number of hydrogen-bond donors (Lipinski definition) is 1. The standard InChI is InChI=1S/C21H19N3O3S/c1-15(17-11-10-16-6-2-3-7-18(16)12-17)23-21(25)13-24-14-22-19-8-4-5-9-20(19)28(24,26)27/h2-12,14-15H,13H2,1H3,(H,23,25). The SMILES string of the molecule is CC(NC(=O)CN1C=Nc2ccccc2S1(=O)=O)c1ccc2ccccc2c1. The van der Waals surface area contributed by atoms with Gasteiger partial charge in [-0.2, -0.15) is 0 Å². The molecule has 1 heterocycles. The fourth-order valence-electron chi connectivity index (χ4n) is 3.21. The molecule has 7 heteroatoms. The fraction of sp³-hybridized carbons (Fsp3) is 0.143. The molecule has 0 saturated carbocycles. The van der Waals surface area contributed by atoms with Gasteiger partial charge < -0.3 is 5.32 Å². The highest BCUT2D eigenvalue weighted by molar-refractivity contribution is 7.89. The van der Waals surface area contributed by atoms with E-state index in [1.54, 1.807) is 18.2 Å². The predicted octanol–water partition coefficient (Wildman–Crippen LogP) is 3.38. The van der Waals surface area contributed by atoms with Crippen molar-refractivity contribution >= 4 is 38.7 Å². The van der Waals surface area contributed by atoms with E-state index >= 15 is 0 Å². The molecule has 1 atom stereocenters. The van der Waals surface area contributed by atoms with Crippen LogP contribution in [0.3, 0.4) is 0 Å². The van der Waals surface area contributed by atoms with E-state index in [9.17, 15) is 13.2 Å². The molecule has 1 N–H and O–H groups in total. The predicted molar refractivity (Wildman–Crippen MR) is 109 cm³/mol. The van der Waals surface area contributed by atoms with Gasteiger partial charge in [0.05, 0.1) is 11.7 Å². The average molecular weight is 393 g/mol. The van der Waals surface area contributed by atoms with E-state index in [1.807, 2.05) is 49.4 Å². The van der Waals surface area contributed by atoms with E-state index in [1.165, 1.54) is 12.4 Å². The first-order valence-electron chi connectivity index (χ1n) is 8.88. The van der Waals surface area contributed by atoms with Crippen LogP contribution in [0.4, 0.5) is 5.69 Å². The van der Waals surface area contributed by atoms with Crippen molar-refractivity contribution in [1.82, 2.24) is 9.62 Å². The molecule has 4 rings (SSSR count). The third-order valence-corrected chi connectivity index (χ3v) is 6.47. The van der Waals surface area contributed by atoms with Crippen LogP contribution < -0.4 is 5.32 Å². The second kappa shape index (κ2) is 7.09. The summed E-state index contributed by atoms with van der Waals surface area (Å²) in [4.78, 5) is 16.7. The lowest BCUT2D eigenvalue weighted by molar-refractivity contribution is -0.121. The first-order valence-corrected chi connectivity index (χ1v) is 10.3. The molecular formula is C21H19N3O3S. The molecule has 1 aliphatic rings. The second-order valence-electron chi connectivity index (χ2n) is 6.66. The Balaban J connectivity index is 1.48. The van der Waals surface area contributed by atoms with Crippen molar-refractivity contribution in [2.24, 2.45) is 4.99 Å². The molecule has 1 amide bonds. The smallest absolute Gasteiger partial charge is 0.267 e. The third kappa shape index (κ3) is 3.36. The van der Waals surface area contributed by atoms with Crippen LogP contribution in [0, 0.1) is 0 Å². The lowest BCUT2D eigenvalue weighted by Crippen LogP contribution is -2.41. The molecule has 3 aromatic carbocycles. The quantitative estimate of drug-likeness (QED) is 0.738. The summed E-state index contributed by atoms with van der Waals surface area (Å²) in [6.07, 6.45) is 1.19. The van der Waals surface area contributed by atoms with Crippen molar-refractivity contribution in [3.63, 3.8) is 0 Å². The minimum absolute atomic E-state index is 0.105. The van der Waals surface area contributed by atoms with E-state index in [2.05, 4.69) is 10.3 Å². The molecule has 0 fully saturated rings. The summed E-state index contributed by atoms with van der Waals surface area (Å²) in [5.41, 5.74) is 1.33. The number of rotatable bonds is 4. The summed E-state index contributed by atoms with van der Waals surface area (Å²) in [6.45, 7) is 1.55. The van der Waals surface area contributed by atoms with Crippen LogP contribution in [0.5, 0.6) is 0 Å². The Morgan fingerprint density at radius 1 is 1.04 bits per heavy atom. The van der Waals surface area contributed by atoms with Gasteiger partial charge >= 0.3 is 0 Å². The Morgan fingerprint density at radius 2 is 1.75 bits per heavy atom. The average Bonchev–Trinajstić information content (AvgIpc) is 2.70. The molecule has 1 aliphatic heterocycles. The number of aliphatic imine (C=N–C) groups is 1. The van der Waals surface area contributed by atoms with Gasteiger partial charge in [-0.1, -0.05) is 48.5 Å². The van der Waals surface area contributed by atoms with Crippen LogP contribution in [-0.4, -0.2) is 31.5 Å². The summed E-state index contributed by atoms with van der Waals surface area (Å²) >= 11 is 0. The van der Waals surface area contributed by atoms with Gasteiger partial charge in [0, 0.05) is 0 Å². The lowest BCUT2D eigenvalue weighted by Gasteiger charge is -2.24. The number of carbonyl (C=O) groups excluding carboxylic acids is 1. The zero-order valence-electron chi connectivity index (χ0n) is 15.2. The highest BCUT2D eigenvalue weighted by Gasteiger charge is 2.30. The number of benzene rings is 3. The molecule has 1 unspecified atom stereocenters. The minimum Gasteiger partial charge on any atom is -0.348 e. The topological polar surface area (TPSA) is 78.8 Å². The van der Waals surface area contributed by atoms with E-state index in [0.29, 0.717) is 5.69 Å². The zero-order chi connectivity index (χ0) is 19.7. The summed E-state index contributed by atoms with van der Waals surface area (Å²) in [6, 6.07) is 20.2. The molecule has 142 valence electrons. The van der Waals surface area contributed by atoms with Crippen LogP contribution in [0.1, 0.15) is 18.5 Å². The van der Waals surface area contributed by atoms with Gasteiger partial charge in [-0.15, -0.1) is 0 Å². The molecule has 0 aliphatic carbocycles. The number of amides is 1. The van der Waals surface area contributed by atoms with Gasteiger partial charge in [-0.05, 0) is 41.5 Å². The summed E-state index contributed by atoms with van der Waals surface area (Å²) in [5.74, 6) is -0.393. The number of hydrogen-bond acceptors (Lipinski definition) is 4.